The van der Waals surface area contributed by atoms with Gasteiger partial charge in [0.15, 0.2) is 17.3 Å². The van der Waals surface area contributed by atoms with Crippen LogP contribution in [0.2, 0.25) is 0 Å². The Morgan fingerprint density at radius 3 is 2.03 bits per heavy atom. The van der Waals surface area contributed by atoms with Gasteiger partial charge in [-0.1, -0.05) is 0 Å². The van der Waals surface area contributed by atoms with E-state index in [1.54, 1.807) is 61.7 Å². The minimum Gasteiger partial charge on any atom is -0.497 e. The average molecular weight is 475 g/mol. The summed E-state index contributed by atoms with van der Waals surface area (Å²) in [4.78, 5) is 26.1. The third kappa shape index (κ3) is 4.38. The summed E-state index contributed by atoms with van der Waals surface area (Å²) in [6.45, 7) is 0. The molecule has 180 valence electrons. The molecule has 0 saturated carbocycles. The second-order valence-electron chi connectivity index (χ2n) is 7.62. The summed E-state index contributed by atoms with van der Waals surface area (Å²) in [5.74, 6) is 1.78. The Bertz CT molecular complexity index is 1320. The number of nitrogens with one attached hydrogen (secondary N) is 1. The van der Waals surface area contributed by atoms with Crippen molar-refractivity contribution in [2.75, 3.05) is 40.9 Å². The zero-order chi connectivity index (χ0) is 25.1. The van der Waals surface area contributed by atoms with Crippen LogP contribution in [0.15, 0.2) is 48.5 Å². The van der Waals surface area contributed by atoms with E-state index in [2.05, 4.69) is 5.32 Å². The van der Waals surface area contributed by atoms with E-state index >= 15 is 0 Å². The summed E-state index contributed by atoms with van der Waals surface area (Å²) in [5.41, 5.74) is 3.16. The first-order valence-electron chi connectivity index (χ1n) is 10.7. The molecule has 35 heavy (non-hydrogen) atoms. The van der Waals surface area contributed by atoms with Crippen LogP contribution < -0.4 is 29.0 Å². The maximum absolute atomic E-state index is 13.4. The third-order valence-electron chi connectivity index (χ3n) is 5.73. The number of methoxy groups -OCH3 is 5. The van der Waals surface area contributed by atoms with Crippen LogP contribution in [0.1, 0.15) is 27.0 Å². The second-order valence-corrected chi connectivity index (χ2v) is 7.62. The summed E-state index contributed by atoms with van der Waals surface area (Å²) in [6, 6.07) is 13.6. The highest BCUT2D eigenvalue weighted by Crippen LogP contribution is 2.40. The highest BCUT2D eigenvalue weighted by molar-refractivity contribution is 6.35. The van der Waals surface area contributed by atoms with E-state index in [9.17, 15) is 9.59 Å². The van der Waals surface area contributed by atoms with Crippen LogP contribution in [-0.4, -0.2) is 47.2 Å². The van der Waals surface area contributed by atoms with Crippen LogP contribution in [-0.2, 0) is 4.79 Å². The van der Waals surface area contributed by atoms with E-state index in [4.69, 9.17) is 23.7 Å². The molecule has 0 radical (unpaired) electrons. The van der Waals surface area contributed by atoms with Gasteiger partial charge in [0.05, 0.1) is 35.5 Å². The van der Waals surface area contributed by atoms with Crippen LogP contribution in [0, 0.1) is 0 Å². The van der Waals surface area contributed by atoms with Gasteiger partial charge in [-0.25, -0.2) is 0 Å². The SMILES string of the molecule is COc1ccc2c(c1)/C(=C\c1cc(C(=O)c3cc(OC)c(OC)c(OC)c3)ccc1OC)C(=O)N2. The molecule has 0 aromatic heterocycles. The molecule has 1 heterocycles. The number of fused-ring (bicyclic) bond motifs is 1. The molecule has 1 N–H and O–H groups in total. The molecule has 0 aliphatic carbocycles. The Balaban J connectivity index is 1.79. The lowest BCUT2D eigenvalue weighted by atomic mass is 9.98. The van der Waals surface area contributed by atoms with Gasteiger partial charge in [-0.15, -0.1) is 0 Å². The minimum atomic E-state index is -0.260. The largest absolute Gasteiger partial charge is 0.497 e. The monoisotopic (exact) mass is 475 g/mol. The smallest absolute Gasteiger partial charge is 0.256 e. The van der Waals surface area contributed by atoms with Gasteiger partial charge < -0.3 is 29.0 Å². The first kappa shape index (κ1) is 23.7. The summed E-state index contributed by atoms with van der Waals surface area (Å²) < 4.78 is 26.9. The van der Waals surface area contributed by atoms with E-state index in [1.165, 1.54) is 28.4 Å². The van der Waals surface area contributed by atoms with Gasteiger partial charge in [-0.3, -0.25) is 9.59 Å². The average Bonchev–Trinajstić information content (AvgIpc) is 3.20. The topological polar surface area (TPSA) is 92.3 Å². The minimum absolute atomic E-state index is 0.253. The van der Waals surface area contributed by atoms with Crippen molar-refractivity contribution in [1.82, 2.24) is 0 Å². The van der Waals surface area contributed by atoms with Crippen molar-refractivity contribution in [2.24, 2.45) is 0 Å². The van der Waals surface area contributed by atoms with Crippen LogP contribution in [0.3, 0.4) is 0 Å². The number of rotatable bonds is 8. The molecular weight excluding hydrogens is 450 g/mol. The molecule has 0 unspecified atom stereocenters. The maximum atomic E-state index is 13.4. The first-order valence-corrected chi connectivity index (χ1v) is 10.7. The van der Waals surface area contributed by atoms with Crippen molar-refractivity contribution < 1.29 is 33.3 Å². The highest BCUT2D eigenvalue weighted by Gasteiger charge is 2.25. The first-order chi connectivity index (χ1) is 16.9. The van der Waals surface area contributed by atoms with Gasteiger partial charge >= 0.3 is 0 Å². The number of hydrogen-bond donors (Lipinski definition) is 1. The van der Waals surface area contributed by atoms with Crippen molar-refractivity contribution in [3.8, 4) is 28.7 Å². The molecule has 0 saturated heterocycles. The van der Waals surface area contributed by atoms with Crippen LogP contribution in [0.4, 0.5) is 5.69 Å². The summed E-state index contributed by atoms with van der Waals surface area (Å²) in [7, 11) is 7.57. The lowest BCUT2D eigenvalue weighted by molar-refractivity contribution is -0.110. The summed E-state index contributed by atoms with van der Waals surface area (Å²) >= 11 is 0. The quantitative estimate of drug-likeness (QED) is 0.380. The Hall–Kier alpha value is -4.46. The van der Waals surface area contributed by atoms with Gasteiger partial charge in [0.1, 0.15) is 11.5 Å². The molecule has 0 bridgehead atoms. The molecule has 1 aliphatic heterocycles. The molecule has 0 atom stereocenters. The van der Waals surface area contributed by atoms with Gasteiger partial charge in [-0.05, 0) is 54.6 Å². The van der Waals surface area contributed by atoms with Crippen molar-refractivity contribution >= 4 is 29.0 Å². The van der Waals surface area contributed by atoms with Gasteiger partial charge in [-0.2, -0.15) is 0 Å². The molecule has 8 nitrogen and oxygen atoms in total. The fraction of sp³-hybridized carbons (Fsp3) is 0.185. The Morgan fingerprint density at radius 2 is 1.43 bits per heavy atom. The van der Waals surface area contributed by atoms with Crippen molar-refractivity contribution in [3.63, 3.8) is 0 Å². The van der Waals surface area contributed by atoms with E-state index < -0.39 is 0 Å². The fourth-order valence-corrected chi connectivity index (χ4v) is 3.96. The van der Waals surface area contributed by atoms with Gasteiger partial charge in [0, 0.05) is 33.5 Å². The second kappa shape index (κ2) is 9.80. The molecule has 8 heteroatoms. The normalized spacial score (nSPS) is 13.2. The third-order valence-corrected chi connectivity index (χ3v) is 5.73. The number of hydrogen-bond acceptors (Lipinski definition) is 7. The summed E-state index contributed by atoms with van der Waals surface area (Å²) in [5, 5.41) is 2.85. The zero-order valence-electron chi connectivity index (χ0n) is 20.1. The van der Waals surface area contributed by atoms with Crippen molar-refractivity contribution in [1.29, 1.82) is 0 Å². The highest BCUT2D eigenvalue weighted by atomic mass is 16.5. The number of anilines is 1. The number of ether oxygens (including phenoxy) is 5. The van der Waals surface area contributed by atoms with Crippen LogP contribution in [0.5, 0.6) is 28.7 Å². The molecule has 1 amide bonds. The number of carbonyl (C=O) groups excluding carboxylic acids is 2. The summed E-state index contributed by atoms with van der Waals surface area (Å²) in [6.07, 6.45) is 1.70. The van der Waals surface area contributed by atoms with E-state index in [-0.39, 0.29) is 11.7 Å². The van der Waals surface area contributed by atoms with Crippen LogP contribution >= 0.6 is 0 Å². The number of ketones is 1. The molecule has 3 aromatic rings. The Labute approximate surface area is 203 Å². The van der Waals surface area contributed by atoms with E-state index in [0.717, 1.165) is 0 Å². The fourth-order valence-electron chi connectivity index (χ4n) is 3.96. The number of amides is 1. The standard InChI is InChI=1S/C27H25NO7/c1-31-18-7-8-21-19(14-18)20(27(30)28-21)11-16-10-15(6-9-22(16)32-2)25(29)17-12-23(33-3)26(35-5)24(13-17)34-4/h6-14H,1-5H3,(H,28,30)/b20-11+. The predicted octanol–water partition coefficient (Wildman–Crippen LogP) is 4.45. The van der Waals surface area contributed by atoms with Crippen molar-refractivity contribution in [3.05, 3.63) is 70.8 Å². The lowest BCUT2D eigenvalue weighted by Crippen LogP contribution is -2.06. The molecule has 3 aromatic carbocycles. The van der Waals surface area contributed by atoms with Crippen molar-refractivity contribution in [2.45, 2.75) is 0 Å². The van der Waals surface area contributed by atoms with E-state index in [0.29, 0.717) is 62.3 Å². The number of carbonyl (C=O) groups is 2. The zero-order valence-corrected chi connectivity index (χ0v) is 20.1. The van der Waals surface area contributed by atoms with Gasteiger partial charge in [0.2, 0.25) is 5.75 Å². The molecule has 1 aliphatic rings. The van der Waals surface area contributed by atoms with Crippen LogP contribution in [0.25, 0.3) is 11.6 Å². The maximum Gasteiger partial charge on any atom is 0.256 e. The lowest BCUT2D eigenvalue weighted by Gasteiger charge is -2.14. The van der Waals surface area contributed by atoms with E-state index in [1.807, 2.05) is 0 Å². The molecular formula is C27H25NO7. The Kier molecular flexibility index (Phi) is 6.64. The number of benzene rings is 3. The molecule has 4 rings (SSSR count). The predicted molar refractivity (Wildman–Crippen MR) is 132 cm³/mol. The Morgan fingerprint density at radius 1 is 0.743 bits per heavy atom. The molecule has 0 fully saturated rings. The molecule has 0 spiro atoms. The van der Waals surface area contributed by atoms with Gasteiger partial charge in [0.25, 0.3) is 5.91 Å².